The SMILES string of the molecule is COCCNc1nnc(S[C@@H](C)C(=O)Nc2cccc(C)c2)s1. The number of benzene rings is 1. The van der Waals surface area contributed by atoms with Crippen molar-refractivity contribution < 1.29 is 9.53 Å². The third kappa shape index (κ3) is 5.81. The van der Waals surface area contributed by atoms with Gasteiger partial charge >= 0.3 is 0 Å². The van der Waals surface area contributed by atoms with Gasteiger partial charge in [-0.05, 0) is 31.5 Å². The minimum Gasteiger partial charge on any atom is -0.383 e. The van der Waals surface area contributed by atoms with Crippen LogP contribution in [-0.4, -0.2) is 41.6 Å². The van der Waals surface area contributed by atoms with Crippen molar-refractivity contribution in [2.45, 2.75) is 23.4 Å². The molecule has 1 amide bonds. The van der Waals surface area contributed by atoms with Crippen molar-refractivity contribution in [3.05, 3.63) is 29.8 Å². The minimum atomic E-state index is -0.254. The number of carbonyl (C=O) groups is 1. The molecule has 2 rings (SSSR count). The van der Waals surface area contributed by atoms with Crippen LogP contribution in [0.4, 0.5) is 10.8 Å². The molecule has 0 aliphatic carbocycles. The monoisotopic (exact) mass is 352 g/mol. The molecule has 8 heteroatoms. The first-order valence-electron chi connectivity index (χ1n) is 7.19. The first-order chi connectivity index (χ1) is 11.1. The van der Waals surface area contributed by atoms with E-state index in [1.807, 2.05) is 38.1 Å². The number of nitrogens with one attached hydrogen (secondary N) is 2. The van der Waals surface area contributed by atoms with Gasteiger partial charge in [-0.2, -0.15) is 0 Å². The van der Waals surface area contributed by atoms with Gasteiger partial charge in [-0.1, -0.05) is 35.2 Å². The number of aryl methyl sites for hydroxylation is 1. The zero-order chi connectivity index (χ0) is 16.7. The van der Waals surface area contributed by atoms with E-state index in [-0.39, 0.29) is 11.2 Å². The van der Waals surface area contributed by atoms with Gasteiger partial charge in [0.15, 0.2) is 4.34 Å². The first-order valence-corrected chi connectivity index (χ1v) is 8.88. The van der Waals surface area contributed by atoms with Crippen LogP contribution >= 0.6 is 23.1 Å². The zero-order valence-corrected chi connectivity index (χ0v) is 15.0. The smallest absolute Gasteiger partial charge is 0.237 e. The van der Waals surface area contributed by atoms with Gasteiger partial charge in [0.2, 0.25) is 11.0 Å². The van der Waals surface area contributed by atoms with E-state index in [1.165, 1.54) is 23.1 Å². The van der Waals surface area contributed by atoms with Gasteiger partial charge in [-0.25, -0.2) is 0 Å². The number of ether oxygens (including phenoxy) is 1. The highest BCUT2D eigenvalue weighted by Crippen LogP contribution is 2.29. The van der Waals surface area contributed by atoms with Crippen molar-refractivity contribution in [3.63, 3.8) is 0 Å². The maximum absolute atomic E-state index is 12.2. The van der Waals surface area contributed by atoms with Gasteiger partial charge in [0, 0.05) is 19.3 Å². The van der Waals surface area contributed by atoms with Crippen LogP contribution in [0.2, 0.25) is 0 Å². The standard InChI is InChI=1S/C15H20N4O2S2/c1-10-5-4-6-12(9-10)17-13(20)11(2)22-15-19-18-14(23-15)16-7-8-21-3/h4-6,9,11H,7-8H2,1-3H3,(H,16,18)(H,17,20)/t11-/m0/s1. The molecule has 2 aromatic rings. The Balaban J connectivity index is 1.85. The Morgan fingerprint density at radius 3 is 3.00 bits per heavy atom. The van der Waals surface area contributed by atoms with Gasteiger partial charge in [-0.15, -0.1) is 10.2 Å². The van der Waals surface area contributed by atoms with Crippen LogP contribution in [0.3, 0.4) is 0 Å². The molecule has 0 fully saturated rings. The summed E-state index contributed by atoms with van der Waals surface area (Å²) in [7, 11) is 1.65. The Morgan fingerprint density at radius 1 is 1.43 bits per heavy atom. The van der Waals surface area contributed by atoms with Gasteiger partial charge < -0.3 is 15.4 Å². The van der Waals surface area contributed by atoms with Gasteiger partial charge in [0.25, 0.3) is 0 Å². The van der Waals surface area contributed by atoms with Crippen molar-refractivity contribution in [1.29, 1.82) is 0 Å². The summed E-state index contributed by atoms with van der Waals surface area (Å²) in [6, 6.07) is 7.74. The summed E-state index contributed by atoms with van der Waals surface area (Å²) in [6.07, 6.45) is 0. The molecule has 0 saturated heterocycles. The van der Waals surface area contributed by atoms with Crippen LogP contribution in [-0.2, 0) is 9.53 Å². The van der Waals surface area contributed by atoms with E-state index in [0.717, 1.165) is 20.7 Å². The second-order valence-corrected chi connectivity index (χ2v) is 7.48. The van der Waals surface area contributed by atoms with Crippen LogP contribution < -0.4 is 10.6 Å². The Hall–Kier alpha value is -1.64. The summed E-state index contributed by atoms with van der Waals surface area (Å²) in [5, 5.41) is 14.6. The molecule has 0 aliphatic rings. The molecule has 1 atom stereocenters. The van der Waals surface area contributed by atoms with Crippen molar-refractivity contribution in [2.75, 3.05) is 30.9 Å². The third-order valence-corrected chi connectivity index (χ3v) is 4.99. The average Bonchev–Trinajstić information content (AvgIpc) is 2.95. The quantitative estimate of drug-likeness (QED) is 0.562. The summed E-state index contributed by atoms with van der Waals surface area (Å²) >= 11 is 2.83. The van der Waals surface area contributed by atoms with Gasteiger partial charge in [0.1, 0.15) is 0 Å². The fourth-order valence-corrected chi connectivity index (χ4v) is 3.68. The Bertz CT molecular complexity index is 648. The molecular formula is C15H20N4O2S2. The number of aromatic nitrogens is 2. The fraction of sp³-hybridized carbons (Fsp3) is 0.400. The Morgan fingerprint density at radius 2 is 2.26 bits per heavy atom. The minimum absolute atomic E-state index is 0.0512. The number of hydrogen-bond donors (Lipinski definition) is 2. The Labute approximate surface area is 144 Å². The molecule has 0 spiro atoms. The molecule has 6 nitrogen and oxygen atoms in total. The van der Waals surface area contributed by atoms with Crippen LogP contribution in [0.5, 0.6) is 0 Å². The predicted octanol–water partition coefficient (Wildman–Crippen LogP) is 3.02. The van der Waals surface area contributed by atoms with E-state index < -0.39 is 0 Å². The van der Waals surface area contributed by atoms with Crippen molar-refractivity contribution in [2.24, 2.45) is 0 Å². The molecule has 0 unspecified atom stereocenters. The second-order valence-electron chi connectivity index (χ2n) is 4.91. The number of rotatable bonds is 8. The Kier molecular flexibility index (Phi) is 6.82. The summed E-state index contributed by atoms with van der Waals surface area (Å²) < 4.78 is 5.73. The number of methoxy groups -OCH3 is 1. The lowest BCUT2D eigenvalue weighted by Crippen LogP contribution is -2.22. The molecule has 2 N–H and O–H groups in total. The highest BCUT2D eigenvalue weighted by atomic mass is 32.2. The summed E-state index contributed by atoms with van der Waals surface area (Å²) in [4.78, 5) is 12.2. The molecule has 0 bridgehead atoms. The van der Waals surface area contributed by atoms with E-state index in [1.54, 1.807) is 7.11 Å². The highest BCUT2D eigenvalue weighted by Gasteiger charge is 2.17. The number of carbonyl (C=O) groups excluding carboxylic acids is 1. The first kappa shape index (κ1) is 17.7. The van der Waals surface area contributed by atoms with Gasteiger partial charge in [0.05, 0.1) is 11.9 Å². The van der Waals surface area contributed by atoms with Crippen molar-refractivity contribution in [3.8, 4) is 0 Å². The lowest BCUT2D eigenvalue weighted by atomic mass is 10.2. The summed E-state index contributed by atoms with van der Waals surface area (Å²) in [5.41, 5.74) is 1.92. The average molecular weight is 352 g/mol. The molecule has 0 aliphatic heterocycles. The molecule has 0 saturated carbocycles. The molecule has 124 valence electrons. The molecule has 1 heterocycles. The lowest BCUT2D eigenvalue weighted by Gasteiger charge is -2.10. The van der Waals surface area contributed by atoms with Crippen LogP contribution in [0, 0.1) is 6.92 Å². The number of hydrogen-bond acceptors (Lipinski definition) is 7. The predicted molar refractivity (Wildman–Crippen MR) is 95.4 cm³/mol. The number of nitrogens with zero attached hydrogens (tertiary/aromatic N) is 2. The molecule has 23 heavy (non-hydrogen) atoms. The third-order valence-electron chi connectivity index (χ3n) is 2.92. The molecule has 0 radical (unpaired) electrons. The van der Waals surface area contributed by atoms with E-state index >= 15 is 0 Å². The van der Waals surface area contributed by atoms with Crippen LogP contribution in [0.25, 0.3) is 0 Å². The maximum atomic E-state index is 12.2. The van der Waals surface area contributed by atoms with Crippen LogP contribution in [0.1, 0.15) is 12.5 Å². The maximum Gasteiger partial charge on any atom is 0.237 e. The van der Waals surface area contributed by atoms with E-state index in [9.17, 15) is 4.79 Å². The van der Waals surface area contributed by atoms with Gasteiger partial charge in [-0.3, -0.25) is 4.79 Å². The number of anilines is 2. The van der Waals surface area contributed by atoms with Crippen LogP contribution in [0.15, 0.2) is 28.6 Å². The number of thioether (sulfide) groups is 1. The van der Waals surface area contributed by atoms with E-state index in [2.05, 4.69) is 20.8 Å². The second kappa shape index (κ2) is 8.85. The summed E-state index contributed by atoms with van der Waals surface area (Å²) in [5.74, 6) is -0.0512. The van der Waals surface area contributed by atoms with E-state index in [0.29, 0.717) is 13.2 Å². The lowest BCUT2D eigenvalue weighted by molar-refractivity contribution is -0.115. The highest BCUT2D eigenvalue weighted by molar-refractivity contribution is 8.02. The normalized spacial score (nSPS) is 12.0. The summed E-state index contributed by atoms with van der Waals surface area (Å²) in [6.45, 7) is 5.14. The fourth-order valence-electron chi connectivity index (χ4n) is 1.76. The van der Waals surface area contributed by atoms with Crippen molar-refractivity contribution >= 4 is 39.8 Å². The van der Waals surface area contributed by atoms with Crippen molar-refractivity contribution in [1.82, 2.24) is 10.2 Å². The number of amides is 1. The molecule has 1 aromatic carbocycles. The van der Waals surface area contributed by atoms with E-state index in [4.69, 9.17) is 4.74 Å². The zero-order valence-electron chi connectivity index (χ0n) is 13.3. The topological polar surface area (TPSA) is 76.1 Å². The molecule has 1 aromatic heterocycles. The molecular weight excluding hydrogens is 332 g/mol. The largest absolute Gasteiger partial charge is 0.383 e.